The smallest absolute Gasteiger partial charge is 0.308 e. The molecular formula is C13H14N2O3S2. The molecule has 106 valence electrons. The van der Waals surface area contributed by atoms with E-state index in [-0.39, 0.29) is 10.9 Å². The van der Waals surface area contributed by atoms with Gasteiger partial charge >= 0.3 is 6.03 Å². The predicted molar refractivity (Wildman–Crippen MR) is 81.2 cm³/mol. The zero-order valence-electron chi connectivity index (χ0n) is 11.0. The minimum Gasteiger partial charge on any atom is -0.308 e. The van der Waals surface area contributed by atoms with Crippen LogP contribution in [-0.2, 0) is 9.84 Å². The van der Waals surface area contributed by atoms with E-state index in [2.05, 4.69) is 10.6 Å². The van der Waals surface area contributed by atoms with Gasteiger partial charge in [-0.05, 0) is 42.1 Å². The fourth-order valence-electron chi connectivity index (χ4n) is 1.77. The number of carbonyl (C=O) groups is 1. The maximum atomic E-state index is 11.7. The normalized spacial score (nSPS) is 11.1. The summed E-state index contributed by atoms with van der Waals surface area (Å²) in [5, 5.41) is 9.02. The maximum absolute atomic E-state index is 11.7. The Kier molecular flexibility index (Phi) is 4.10. The number of urea groups is 1. The lowest BCUT2D eigenvalue weighted by atomic mass is 10.2. The summed E-state index contributed by atoms with van der Waals surface area (Å²) in [5.74, 6) is 0. The summed E-state index contributed by atoms with van der Waals surface area (Å²) in [6, 6.07) is 6.11. The number of sulfone groups is 1. The summed E-state index contributed by atoms with van der Waals surface area (Å²) in [6.45, 7) is 1.69. The highest BCUT2D eigenvalue weighted by molar-refractivity contribution is 7.90. The summed E-state index contributed by atoms with van der Waals surface area (Å²) in [6.07, 6.45) is 1.16. The zero-order valence-corrected chi connectivity index (χ0v) is 12.6. The van der Waals surface area contributed by atoms with Crippen molar-refractivity contribution in [3.63, 3.8) is 0 Å². The van der Waals surface area contributed by atoms with Crippen LogP contribution < -0.4 is 10.6 Å². The molecule has 7 heteroatoms. The van der Waals surface area contributed by atoms with Crippen molar-refractivity contribution in [1.82, 2.24) is 0 Å². The predicted octanol–water partition coefficient (Wildman–Crippen LogP) is 3.10. The third kappa shape index (κ3) is 3.58. The molecule has 0 saturated carbocycles. The van der Waals surface area contributed by atoms with Crippen LogP contribution in [0.15, 0.2) is 39.9 Å². The Balaban J connectivity index is 2.11. The molecule has 0 spiro atoms. The number of benzene rings is 1. The van der Waals surface area contributed by atoms with Gasteiger partial charge < -0.3 is 10.6 Å². The van der Waals surface area contributed by atoms with Crippen LogP contribution in [0.25, 0.3) is 0 Å². The van der Waals surface area contributed by atoms with E-state index in [9.17, 15) is 13.2 Å². The van der Waals surface area contributed by atoms with Gasteiger partial charge in [0.1, 0.15) is 0 Å². The molecule has 0 aliphatic rings. The van der Waals surface area contributed by atoms with E-state index in [0.717, 1.165) is 11.9 Å². The van der Waals surface area contributed by atoms with Crippen molar-refractivity contribution in [2.45, 2.75) is 11.8 Å². The topological polar surface area (TPSA) is 75.3 Å². The first-order valence-corrected chi connectivity index (χ1v) is 8.60. The van der Waals surface area contributed by atoms with Gasteiger partial charge in [-0.25, -0.2) is 13.2 Å². The molecule has 5 nitrogen and oxygen atoms in total. The summed E-state index contributed by atoms with van der Waals surface area (Å²) in [7, 11) is -3.25. The van der Waals surface area contributed by atoms with Crippen LogP contribution in [0, 0.1) is 6.92 Å². The molecule has 0 fully saturated rings. The Morgan fingerprint density at radius 1 is 1.15 bits per heavy atom. The summed E-state index contributed by atoms with van der Waals surface area (Å²) in [4.78, 5) is 12.0. The summed E-state index contributed by atoms with van der Waals surface area (Å²) < 4.78 is 23.0. The first-order chi connectivity index (χ1) is 9.36. The molecule has 1 aromatic carbocycles. The molecule has 2 aromatic rings. The number of rotatable bonds is 3. The summed E-state index contributed by atoms with van der Waals surface area (Å²) in [5.41, 5.74) is 1.86. The molecule has 0 radical (unpaired) electrons. The molecule has 0 unspecified atom stereocenters. The van der Waals surface area contributed by atoms with Crippen molar-refractivity contribution in [2.75, 3.05) is 16.9 Å². The lowest BCUT2D eigenvalue weighted by Gasteiger charge is -2.09. The quantitative estimate of drug-likeness (QED) is 0.914. The molecule has 1 aromatic heterocycles. The second kappa shape index (κ2) is 5.64. The van der Waals surface area contributed by atoms with Gasteiger partial charge in [-0.3, -0.25) is 0 Å². The molecule has 0 aliphatic carbocycles. The van der Waals surface area contributed by atoms with Crippen molar-refractivity contribution in [2.24, 2.45) is 0 Å². The van der Waals surface area contributed by atoms with Crippen molar-refractivity contribution in [3.8, 4) is 0 Å². The number of hydrogen-bond acceptors (Lipinski definition) is 4. The maximum Gasteiger partial charge on any atom is 0.323 e. The van der Waals surface area contributed by atoms with Gasteiger partial charge in [0, 0.05) is 17.3 Å². The van der Waals surface area contributed by atoms with Gasteiger partial charge in [-0.1, -0.05) is 0 Å². The molecule has 2 amide bonds. The van der Waals surface area contributed by atoms with E-state index in [0.29, 0.717) is 11.3 Å². The molecule has 2 rings (SSSR count). The van der Waals surface area contributed by atoms with Crippen molar-refractivity contribution >= 4 is 38.6 Å². The van der Waals surface area contributed by atoms with E-state index in [4.69, 9.17) is 0 Å². The number of anilines is 2. The molecule has 0 saturated heterocycles. The Morgan fingerprint density at radius 3 is 2.40 bits per heavy atom. The zero-order chi connectivity index (χ0) is 14.8. The molecule has 1 heterocycles. The van der Waals surface area contributed by atoms with Crippen LogP contribution in [-0.4, -0.2) is 20.7 Å². The Bertz CT molecular complexity index is 722. The second-order valence-electron chi connectivity index (χ2n) is 4.34. The fourth-order valence-corrected chi connectivity index (χ4v) is 3.32. The van der Waals surface area contributed by atoms with E-state index < -0.39 is 9.84 Å². The van der Waals surface area contributed by atoms with Gasteiger partial charge in [-0.15, -0.1) is 0 Å². The van der Waals surface area contributed by atoms with Gasteiger partial charge in [-0.2, -0.15) is 11.3 Å². The van der Waals surface area contributed by atoms with Gasteiger partial charge in [0.2, 0.25) is 0 Å². The summed E-state index contributed by atoms with van der Waals surface area (Å²) >= 11 is 1.49. The van der Waals surface area contributed by atoms with Crippen molar-refractivity contribution in [1.29, 1.82) is 0 Å². The fraction of sp³-hybridized carbons (Fsp3) is 0.154. The third-order valence-electron chi connectivity index (χ3n) is 2.61. The molecule has 0 atom stereocenters. The van der Waals surface area contributed by atoms with Crippen LogP contribution in [0.5, 0.6) is 0 Å². The monoisotopic (exact) mass is 310 g/mol. The number of hydrogen-bond donors (Lipinski definition) is 2. The minimum absolute atomic E-state index is 0.265. The Morgan fingerprint density at radius 2 is 1.85 bits per heavy atom. The Hall–Kier alpha value is -1.86. The SMILES string of the molecule is Cc1cc(NC(=O)Nc2ccsc2)ccc1S(C)(=O)=O. The lowest BCUT2D eigenvalue weighted by molar-refractivity contribution is 0.262. The van der Waals surface area contributed by atoms with Crippen LogP contribution in [0.2, 0.25) is 0 Å². The van der Waals surface area contributed by atoms with E-state index in [1.807, 2.05) is 10.8 Å². The van der Waals surface area contributed by atoms with Crippen molar-refractivity contribution in [3.05, 3.63) is 40.6 Å². The first-order valence-electron chi connectivity index (χ1n) is 5.77. The highest BCUT2D eigenvalue weighted by Gasteiger charge is 2.11. The molecular weight excluding hydrogens is 296 g/mol. The van der Waals surface area contributed by atoms with Gasteiger partial charge in [0.05, 0.1) is 10.6 Å². The van der Waals surface area contributed by atoms with Gasteiger partial charge in [0.25, 0.3) is 0 Å². The number of carbonyl (C=O) groups excluding carboxylic acids is 1. The van der Waals surface area contributed by atoms with Crippen LogP contribution in [0.3, 0.4) is 0 Å². The minimum atomic E-state index is -3.25. The lowest BCUT2D eigenvalue weighted by Crippen LogP contribution is -2.19. The number of thiophene rings is 1. The van der Waals surface area contributed by atoms with Crippen LogP contribution in [0.4, 0.5) is 16.2 Å². The van der Waals surface area contributed by atoms with E-state index in [1.54, 1.807) is 25.1 Å². The Labute approximate surface area is 121 Å². The highest BCUT2D eigenvalue weighted by atomic mass is 32.2. The first kappa shape index (κ1) is 14.5. The van der Waals surface area contributed by atoms with Crippen LogP contribution >= 0.6 is 11.3 Å². The van der Waals surface area contributed by atoms with E-state index in [1.165, 1.54) is 17.4 Å². The largest absolute Gasteiger partial charge is 0.323 e. The molecule has 20 heavy (non-hydrogen) atoms. The highest BCUT2D eigenvalue weighted by Crippen LogP contribution is 2.20. The molecule has 0 aliphatic heterocycles. The average molecular weight is 310 g/mol. The third-order valence-corrected chi connectivity index (χ3v) is 4.55. The molecule has 2 N–H and O–H groups in total. The standard InChI is InChI=1S/C13H14N2O3S2/c1-9-7-10(3-4-12(9)20(2,17)18)14-13(16)15-11-5-6-19-8-11/h3-8H,1-2H3,(H2,14,15,16). The second-order valence-corrected chi connectivity index (χ2v) is 7.11. The van der Waals surface area contributed by atoms with Gasteiger partial charge in [0.15, 0.2) is 9.84 Å². The van der Waals surface area contributed by atoms with Crippen molar-refractivity contribution < 1.29 is 13.2 Å². The van der Waals surface area contributed by atoms with Crippen LogP contribution in [0.1, 0.15) is 5.56 Å². The number of amides is 2. The average Bonchev–Trinajstić information content (AvgIpc) is 2.79. The number of nitrogens with one attached hydrogen (secondary N) is 2. The molecule has 0 bridgehead atoms. The van der Waals surface area contributed by atoms with E-state index >= 15 is 0 Å². The number of aryl methyl sites for hydroxylation is 1.